The fourth-order valence-corrected chi connectivity index (χ4v) is 3.47. The molecule has 21 heavy (non-hydrogen) atoms. The molecular weight excluding hydrogens is 379 g/mol. The van der Waals surface area contributed by atoms with Crippen molar-refractivity contribution >= 4 is 28.5 Å². The number of nitrogens with one attached hydrogen (secondary N) is 1. The van der Waals surface area contributed by atoms with Gasteiger partial charge in [0, 0.05) is 16.2 Å². The molecule has 1 saturated carbocycles. The van der Waals surface area contributed by atoms with Crippen LogP contribution in [0.2, 0.25) is 0 Å². The summed E-state index contributed by atoms with van der Waals surface area (Å²) in [5.41, 5.74) is 0.442. The minimum absolute atomic E-state index is 0.0147. The predicted octanol–water partition coefficient (Wildman–Crippen LogP) is 2.60. The van der Waals surface area contributed by atoms with Crippen molar-refractivity contribution < 1.29 is 9.90 Å². The second kappa shape index (κ2) is 6.52. The zero-order chi connectivity index (χ0) is 14.8. The van der Waals surface area contributed by atoms with Crippen molar-refractivity contribution in [3.8, 4) is 5.75 Å². The molecule has 1 aliphatic heterocycles. The molecule has 1 saturated heterocycles. The Kier molecular flexibility index (Phi) is 4.69. The largest absolute Gasteiger partial charge is 0.507 e. The number of carbonyl (C=O) groups excluding carboxylic acids is 1. The van der Waals surface area contributed by atoms with Crippen molar-refractivity contribution in [2.75, 3.05) is 19.6 Å². The number of nitrogens with zero attached hydrogens (tertiary/aromatic N) is 1. The monoisotopic (exact) mass is 400 g/mol. The van der Waals surface area contributed by atoms with Crippen LogP contribution >= 0.6 is 22.6 Å². The van der Waals surface area contributed by atoms with Crippen LogP contribution in [0.15, 0.2) is 18.2 Å². The molecule has 1 aromatic rings. The van der Waals surface area contributed by atoms with Crippen LogP contribution in [0.4, 0.5) is 0 Å². The average Bonchev–Trinajstić information content (AvgIpc) is 3.32. The molecule has 1 atom stereocenters. The molecule has 0 spiro atoms. The van der Waals surface area contributed by atoms with Gasteiger partial charge in [-0.15, -0.1) is 0 Å². The number of hydrogen-bond donors (Lipinski definition) is 2. The number of piperidine rings is 1. The van der Waals surface area contributed by atoms with Crippen molar-refractivity contribution in [1.29, 1.82) is 0 Å². The van der Waals surface area contributed by atoms with E-state index >= 15 is 0 Å². The first-order valence-electron chi connectivity index (χ1n) is 7.65. The number of phenols is 1. The Balaban J connectivity index is 1.76. The third-order valence-corrected chi connectivity index (χ3v) is 4.96. The predicted molar refractivity (Wildman–Crippen MR) is 90.5 cm³/mol. The lowest BCUT2D eigenvalue weighted by atomic mass is 9.98. The normalized spacial score (nSPS) is 22.0. The van der Waals surface area contributed by atoms with E-state index in [0.29, 0.717) is 17.5 Å². The topological polar surface area (TPSA) is 52.6 Å². The Hall–Kier alpha value is -0.820. The van der Waals surface area contributed by atoms with Gasteiger partial charge in [0.2, 0.25) is 0 Å². The number of hydrogen-bond acceptors (Lipinski definition) is 3. The molecule has 5 heteroatoms. The van der Waals surface area contributed by atoms with Gasteiger partial charge in [-0.3, -0.25) is 4.79 Å². The molecule has 4 nitrogen and oxygen atoms in total. The molecule has 1 amide bonds. The fourth-order valence-electron chi connectivity index (χ4n) is 2.98. The third kappa shape index (κ3) is 3.69. The van der Waals surface area contributed by atoms with Gasteiger partial charge in [0.05, 0.1) is 5.56 Å². The lowest BCUT2D eigenvalue weighted by molar-refractivity contribution is 0.0701. The van der Waals surface area contributed by atoms with E-state index in [1.807, 2.05) is 11.0 Å². The molecule has 0 aromatic heterocycles. The summed E-state index contributed by atoms with van der Waals surface area (Å²) in [6, 6.07) is 5.59. The SMILES string of the molecule is O=C(c1cc(I)ccc1O)N(CC1CCCNC1)C1CC1. The van der Waals surface area contributed by atoms with E-state index in [9.17, 15) is 9.90 Å². The van der Waals surface area contributed by atoms with Crippen LogP contribution in [0.1, 0.15) is 36.0 Å². The van der Waals surface area contributed by atoms with E-state index in [-0.39, 0.29) is 11.7 Å². The molecule has 2 fully saturated rings. The molecule has 1 unspecified atom stereocenters. The lowest BCUT2D eigenvalue weighted by Gasteiger charge is -2.30. The number of halogens is 1. The van der Waals surface area contributed by atoms with Crippen LogP contribution < -0.4 is 5.32 Å². The van der Waals surface area contributed by atoms with Gasteiger partial charge in [-0.25, -0.2) is 0 Å². The molecule has 0 radical (unpaired) electrons. The number of amides is 1. The van der Waals surface area contributed by atoms with Gasteiger partial charge in [0.25, 0.3) is 5.91 Å². The number of benzene rings is 1. The molecule has 3 rings (SSSR count). The van der Waals surface area contributed by atoms with E-state index in [4.69, 9.17) is 0 Å². The molecule has 1 aromatic carbocycles. The summed E-state index contributed by atoms with van der Waals surface area (Å²) in [7, 11) is 0. The Morgan fingerprint density at radius 2 is 2.19 bits per heavy atom. The molecule has 114 valence electrons. The maximum atomic E-state index is 12.8. The molecule has 2 aliphatic rings. The second-order valence-corrected chi connectivity index (χ2v) is 7.31. The summed E-state index contributed by atoms with van der Waals surface area (Å²) in [4.78, 5) is 14.8. The standard InChI is InChI=1S/C16H21IN2O2/c17-12-3-6-15(20)14(8-12)16(21)19(13-4-5-13)10-11-2-1-7-18-9-11/h3,6,8,11,13,18,20H,1-2,4-5,7,9-10H2. The van der Waals surface area contributed by atoms with Crippen LogP contribution in [0.3, 0.4) is 0 Å². The highest BCUT2D eigenvalue weighted by molar-refractivity contribution is 14.1. The summed E-state index contributed by atoms with van der Waals surface area (Å²) < 4.78 is 0.976. The van der Waals surface area contributed by atoms with Crippen molar-refractivity contribution in [1.82, 2.24) is 10.2 Å². The molecule has 2 N–H and O–H groups in total. The Morgan fingerprint density at radius 3 is 2.86 bits per heavy atom. The summed E-state index contributed by atoms with van der Waals surface area (Å²) in [5, 5.41) is 13.4. The Morgan fingerprint density at radius 1 is 1.38 bits per heavy atom. The lowest BCUT2D eigenvalue weighted by Crippen LogP contribution is -2.42. The summed E-state index contributed by atoms with van der Waals surface area (Å²) in [5.74, 6) is 0.611. The van der Waals surface area contributed by atoms with Crippen LogP contribution in [0.5, 0.6) is 5.75 Å². The molecule has 0 bridgehead atoms. The minimum atomic E-state index is -0.0147. The highest BCUT2D eigenvalue weighted by Crippen LogP contribution is 2.32. The third-order valence-electron chi connectivity index (χ3n) is 4.29. The number of rotatable bonds is 4. The van der Waals surface area contributed by atoms with Gasteiger partial charge in [0.1, 0.15) is 5.75 Å². The van der Waals surface area contributed by atoms with E-state index in [1.54, 1.807) is 12.1 Å². The minimum Gasteiger partial charge on any atom is -0.507 e. The first-order valence-corrected chi connectivity index (χ1v) is 8.73. The van der Waals surface area contributed by atoms with Crippen molar-refractivity contribution in [2.24, 2.45) is 5.92 Å². The smallest absolute Gasteiger partial charge is 0.257 e. The zero-order valence-corrected chi connectivity index (χ0v) is 14.2. The van der Waals surface area contributed by atoms with Crippen LogP contribution in [0, 0.1) is 9.49 Å². The summed E-state index contributed by atoms with van der Waals surface area (Å²) >= 11 is 2.18. The fraction of sp³-hybridized carbons (Fsp3) is 0.562. The number of carbonyl (C=O) groups is 1. The van der Waals surface area contributed by atoms with Crippen LogP contribution in [0.25, 0.3) is 0 Å². The van der Waals surface area contributed by atoms with Gasteiger partial charge in [0.15, 0.2) is 0 Å². The van der Waals surface area contributed by atoms with E-state index in [0.717, 1.165) is 36.0 Å². The van der Waals surface area contributed by atoms with Crippen LogP contribution in [-0.2, 0) is 0 Å². The van der Waals surface area contributed by atoms with Crippen LogP contribution in [-0.4, -0.2) is 41.6 Å². The molecular formula is C16H21IN2O2. The number of phenolic OH excluding ortho intramolecular Hbond substituents is 1. The van der Waals surface area contributed by atoms with Gasteiger partial charge < -0.3 is 15.3 Å². The average molecular weight is 400 g/mol. The zero-order valence-electron chi connectivity index (χ0n) is 12.0. The summed E-state index contributed by atoms with van der Waals surface area (Å²) in [6.07, 6.45) is 4.56. The van der Waals surface area contributed by atoms with Gasteiger partial charge in [-0.2, -0.15) is 0 Å². The highest BCUT2D eigenvalue weighted by Gasteiger charge is 2.35. The van der Waals surface area contributed by atoms with Crippen molar-refractivity contribution in [2.45, 2.75) is 31.7 Å². The van der Waals surface area contributed by atoms with Crippen molar-refractivity contribution in [3.05, 3.63) is 27.3 Å². The van der Waals surface area contributed by atoms with E-state index < -0.39 is 0 Å². The maximum Gasteiger partial charge on any atom is 0.257 e. The van der Waals surface area contributed by atoms with Gasteiger partial charge >= 0.3 is 0 Å². The molecule has 1 heterocycles. The summed E-state index contributed by atoms with van der Waals surface area (Å²) in [6.45, 7) is 2.89. The highest BCUT2D eigenvalue weighted by atomic mass is 127. The van der Waals surface area contributed by atoms with E-state index in [2.05, 4.69) is 27.9 Å². The van der Waals surface area contributed by atoms with E-state index in [1.165, 1.54) is 12.8 Å². The van der Waals surface area contributed by atoms with Gasteiger partial charge in [-0.1, -0.05) is 0 Å². The maximum absolute atomic E-state index is 12.8. The number of aromatic hydroxyl groups is 1. The second-order valence-electron chi connectivity index (χ2n) is 6.06. The quantitative estimate of drug-likeness (QED) is 0.765. The Labute approximate surface area is 139 Å². The first kappa shape index (κ1) is 15.1. The van der Waals surface area contributed by atoms with Gasteiger partial charge in [-0.05, 0) is 85.5 Å². The van der Waals surface area contributed by atoms with Crippen molar-refractivity contribution in [3.63, 3.8) is 0 Å². The Bertz CT molecular complexity index is 525. The first-order chi connectivity index (χ1) is 10.1. The molecule has 1 aliphatic carbocycles.